The van der Waals surface area contributed by atoms with Crippen molar-refractivity contribution in [2.24, 2.45) is 11.0 Å². The van der Waals surface area contributed by atoms with Gasteiger partial charge in [-0.2, -0.15) is 5.10 Å². The highest BCUT2D eigenvalue weighted by molar-refractivity contribution is 6.42. The summed E-state index contributed by atoms with van der Waals surface area (Å²) < 4.78 is 5.70. The fraction of sp³-hybridized carbons (Fsp3) is 0.174. The maximum Gasteiger partial charge on any atom is 0.262 e. The van der Waals surface area contributed by atoms with Gasteiger partial charge in [0, 0.05) is 16.1 Å². The van der Waals surface area contributed by atoms with Crippen molar-refractivity contribution in [2.75, 3.05) is 0 Å². The SMILES string of the molecule is CC(C)C(NC(=O)c1ccc(Cl)c(Cl)c1)C(=O)N/N=C/c1ccc(-c2cc(Cl)ccc2Cl)o1. The topological polar surface area (TPSA) is 83.7 Å². The summed E-state index contributed by atoms with van der Waals surface area (Å²) in [5.41, 5.74) is 3.34. The number of hydrogen-bond donors (Lipinski definition) is 2. The van der Waals surface area contributed by atoms with Gasteiger partial charge in [0.2, 0.25) is 0 Å². The molecule has 0 aliphatic heterocycles. The van der Waals surface area contributed by atoms with Gasteiger partial charge in [-0.1, -0.05) is 60.3 Å². The van der Waals surface area contributed by atoms with Crippen LogP contribution in [0.4, 0.5) is 0 Å². The number of carbonyl (C=O) groups is 2. The first-order chi connectivity index (χ1) is 15.7. The molecule has 172 valence electrons. The van der Waals surface area contributed by atoms with Crippen molar-refractivity contribution in [3.05, 3.63) is 79.9 Å². The Morgan fingerprint density at radius 3 is 2.36 bits per heavy atom. The number of hydrogen-bond acceptors (Lipinski definition) is 4. The number of rotatable bonds is 7. The molecule has 3 rings (SSSR count). The predicted octanol–water partition coefficient (Wildman–Crippen LogP) is 6.46. The van der Waals surface area contributed by atoms with Crippen molar-refractivity contribution in [1.29, 1.82) is 0 Å². The molecule has 10 heteroatoms. The van der Waals surface area contributed by atoms with E-state index in [4.69, 9.17) is 50.8 Å². The van der Waals surface area contributed by atoms with Crippen LogP contribution in [0.3, 0.4) is 0 Å². The highest BCUT2D eigenvalue weighted by Gasteiger charge is 2.24. The quantitative estimate of drug-likeness (QED) is 0.273. The predicted molar refractivity (Wildman–Crippen MR) is 132 cm³/mol. The average Bonchev–Trinajstić information content (AvgIpc) is 3.23. The van der Waals surface area contributed by atoms with E-state index in [1.54, 1.807) is 44.2 Å². The molecule has 2 N–H and O–H groups in total. The lowest BCUT2D eigenvalue weighted by Gasteiger charge is -2.20. The van der Waals surface area contributed by atoms with Gasteiger partial charge in [-0.25, -0.2) is 5.43 Å². The van der Waals surface area contributed by atoms with Crippen LogP contribution in [0.2, 0.25) is 20.1 Å². The van der Waals surface area contributed by atoms with Crippen LogP contribution in [-0.4, -0.2) is 24.1 Å². The molecule has 1 heterocycles. The van der Waals surface area contributed by atoms with E-state index < -0.39 is 17.9 Å². The van der Waals surface area contributed by atoms with Crippen LogP contribution in [0, 0.1) is 5.92 Å². The smallest absolute Gasteiger partial charge is 0.262 e. The zero-order valence-electron chi connectivity index (χ0n) is 17.5. The Morgan fingerprint density at radius 2 is 1.67 bits per heavy atom. The van der Waals surface area contributed by atoms with Gasteiger partial charge in [0.05, 0.1) is 21.3 Å². The molecule has 0 aliphatic rings. The molecule has 0 aliphatic carbocycles. The van der Waals surface area contributed by atoms with Crippen LogP contribution in [0.15, 0.2) is 58.0 Å². The first kappa shape index (κ1) is 25.1. The molecule has 33 heavy (non-hydrogen) atoms. The standard InChI is InChI=1S/C23H19Cl4N3O3/c1-12(2)21(29-22(31)13-3-6-18(26)19(27)9-13)23(32)30-28-11-15-5-8-20(33-15)16-10-14(24)4-7-17(16)25/h3-12,21H,1-2H3,(H,29,31)(H,30,32)/b28-11+. The fourth-order valence-electron chi connectivity index (χ4n) is 2.88. The molecular weight excluding hydrogens is 508 g/mol. The van der Waals surface area contributed by atoms with Crippen molar-refractivity contribution in [3.63, 3.8) is 0 Å². The first-order valence-electron chi connectivity index (χ1n) is 9.80. The summed E-state index contributed by atoms with van der Waals surface area (Å²) in [4.78, 5) is 25.2. The Labute approximate surface area is 210 Å². The van der Waals surface area contributed by atoms with E-state index in [9.17, 15) is 9.59 Å². The Balaban J connectivity index is 1.65. The van der Waals surface area contributed by atoms with E-state index in [0.29, 0.717) is 32.2 Å². The minimum Gasteiger partial charge on any atom is -0.455 e. The van der Waals surface area contributed by atoms with Crippen LogP contribution in [-0.2, 0) is 4.79 Å². The van der Waals surface area contributed by atoms with E-state index in [1.807, 2.05) is 0 Å². The summed E-state index contributed by atoms with van der Waals surface area (Å²) in [6.07, 6.45) is 1.35. The van der Waals surface area contributed by atoms with E-state index in [1.165, 1.54) is 24.4 Å². The number of amides is 2. The summed E-state index contributed by atoms with van der Waals surface area (Å²) in [6.45, 7) is 3.60. The van der Waals surface area contributed by atoms with Crippen molar-refractivity contribution < 1.29 is 14.0 Å². The highest BCUT2D eigenvalue weighted by atomic mass is 35.5. The summed E-state index contributed by atoms with van der Waals surface area (Å²) >= 11 is 24.1. The summed E-state index contributed by atoms with van der Waals surface area (Å²) in [5, 5.41) is 8.21. The van der Waals surface area contributed by atoms with Crippen LogP contribution >= 0.6 is 46.4 Å². The molecule has 0 fully saturated rings. The van der Waals surface area contributed by atoms with Gasteiger partial charge in [-0.05, 0) is 54.4 Å². The molecule has 0 radical (unpaired) electrons. The van der Waals surface area contributed by atoms with Gasteiger partial charge in [-0.15, -0.1) is 0 Å². The number of nitrogens with one attached hydrogen (secondary N) is 2. The van der Waals surface area contributed by atoms with Crippen molar-refractivity contribution in [1.82, 2.24) is 10.7 Å². The highest BCUT2D eigenvalue weighted by Crippen LogP contribution is 2.31. The lowest BCUT2D eigenvalue weighted by molar-refractivity contribution is -0.123. The monoisotopic (exact) mass is 525 g/mol. The van der Waals surface area contributed by atoms with Gasteiger partial charge in [0.1, 0.15) is 17.6 Å². The number of nitrogens with zero attached hydrogens (tertiary/aromatic N) is 1. The van der Waals surface area contributed by atoms with Crippen LogP contribution in [0.25, 0.3) is 11.3 Å². The van der Waals surface area contributed by atoms with E-state index in [2.05, 4.69) is 15.8 Å². The average molecular weight is 527 g/mol. The van der Waals surface area contributed by atoms with Gasteiger partial charge in [-0.3, -0.25) is 9.59 Å². The largest absolute Gasteiger partial charge is 0.455 e. The molecule has 0 spiro atoms. The third-order valence-electron chi connectivity index (χ3n) is 4.60. The second-order valence-corrected chi connectivity index (χ2v) is 9.04. The third-order valence-corrected chi connectivity index (χ3v) is 5.91. The maximum absolute atomic E-state index is 12.6. The zero-order valence-corrected chi connectivity index (χ0v) is 20.6. The maximum atomic E-state index is 12.6. The first-order valence-corrected chi connectivity index (χ1v) is 11.3. The van der Waals surface area contributed by atoms with E-state index in [0.717, 1.165) is 0 Å². The van der Waals surface area contributed by atoms with Crippen molar-refractivity contribution in [3.8, 4) is 11.3 Å². The lowest BCUT2D eigenvalue weighted by atomic mass is 10.0. The van der Waals surface area contributed by atoms with E-state index in [-0.39, 0.29) is 16.5 Å². The normalized spacial score (nSPS) is 12.2. The minimum absolute atomic E-state index is 0.202. The minimum atomic E-state index is -0.832. The van der Waals surface area contributed by atoms with Crippen molar-refractivity contribution in [2.45, 2.75) is 19.9 Å². The second kappa shape index (κ2) is 11.1. The van der Waals surface area contributed by atoms with Crippen LogP contribution in [0.5, 0.6) is 0 Å². The van der Waals surface area contributed by atoms with Crippen molar-refractivity contribution >= 4 is 64.4 Å². The summed E-state index contributed by atoms with van der Waals surface area (Å²) in [5.74, 6) is -0.251. The summed E-state index contributed by atoms with van der Waals surface area (Å²) in [7, 11) is 0. The molecule has 2 aromatic carbocycles. The van der Waals surface area contributed by atoms with E-state index >= 15 is 0 Å². The Bertz CT molecular complexity index is 1210. The molecule has 2 amide bonds. The zero-order chi connectivity index (χ0) is 24.1. The molecule has 6 nitrogen and oxygen atoms in total. The third kappa shape index (κ3) is 6.51. The lowest BCUT2D eigenvalue weighted by Crippen LogP contribution is -2.48. The Kier molecular flexibility index (Phi) is 8.43. The van der Waals surface area contributed by atoms with Crippen LogP contribution in [0.1, 0.15) is 30.0 Å². The molecule has 1 aromatic heterocycles. The number of carbonyl (C=O) groups excluding carboxylic acids is 2. The van der Waals surface area contributed by atoms with Gasteiger partial charge in [0.15, 0.2) is 0 Å². The van der Waals surface area contributed by atoms with Gasteiger partial charge >= 0.3 is 0 Å². The molecule has 3 aromatic rings. The van der Waals surface area contributed by atoms with Crippen LogP contribution < -0.4 is 10.7 Å². The Morgan fingerprint density at radius 1 is 0.939 bits per heavy atom. The number of benzene rings is 2. The molecule has 1 atom stereocenters. The summed E-state index contributed by atoms with van der Waals surface area (Å²) in [6, 6.07) is 12.1. The fourth-order valence-corrected chi connectivity index (χ4v) is 3.56. The molecular formula is C23H19Cl4N3O3. The number of hydrazone groups is 1. The number of halogens is 4. The molecule has 0 saturated carbocycles. The Hall–Kier alpha value is -2.51. The molecule has 0 saturated heterocycles. The molecule has 1 unspecified atom stereocenters. The molecule has 0 bridgehead atoms. The second-order valence-electron chi connectivity index (χ2n) is 7.38. The van der Waals surface area contributed by atoms with Gasteiger partial charge < -0.3 is 9.73 Å². The van der Waals surface area contributed by atoms with Gasteiger partial charge in [0.25, 0.3) is 11.8 Å². The number of furan rings is 1.